The van der Waals surface area contributed by atoms with E-state index < -0.39 is 21.7 Å². The fraction of sp³-hybridized carbons (Fsp3) is 0.462. The van der Waals surface area contributed by atoms with Gasteiger partial charge in [-0.25, -0.2) is 22.2 Å². The average Bonchev–Trinajstić information content (AvgIpc) is 3.53. The number of nitrogens with zero attached hydrogens (tertiary/aromatic N) is 5. The molecule has 1 N–H and O–H groups in total. The van der Waals surface area contributed by atoms with Crippen LogP contribution in [0.25, 0.3) is 16.8 Å². The Balaban J connectivity index is 1.51. The Labute approximate surface area is 216 Å². The second-order valence-electron chi connectivity index (χ2n) is 10.7. The van der Waals surface area contributed by atoms with Gasteiger partial charge in [0.15, 0.2) is 11.3 Å². The predicted octanol–water partition coefficient (Wildman–Crippen LogP) is 4.42. The van der Waals surface area contributed by atoms with Crippen molar-refractivity contribution in [1.29, 1.82) is 0 Å². The number of carbonyl (C=O) groups excluding carboxylic acids is 1. The lowest BCUT2D eigenvalue weighted by molar-refractivity contribution is 0.0504. The number of hydrogen-bond acceptors (Lipinski definition) is 7. The van der Waals surface area contributed by atoms with Crippen molar-refractivity contribution in [3.05, 3.63) is 54.1 Å². The molecule has 4 aromatic rings. The predicted molar refractivity (Wildman–Crippen MR) is 139 cm³/mol. The van der Waals surface area contributed by atoms with E-state index in [1.807, 2.05) is 32.1 Å². The van der Waals surface area contributed by atoms with Crippen molar-refractivity contribution < 1.29 is 17.9 Å². The third-order valence-corrected chi connectivity index (χ3v) is 8.59. The monoisotopic (exact) mass is 524 g/mol. The van der Waals surface area contributed by atoms with E-state index >= 15 is 0 Å². The van der Waals surface area contributed by atoms with Gasteiger partial charge in [-0.2, -0.15) is 0 Å². The molecule has 0 aliphatic heterocycles. The van der Waals surface area contributed by atoms with Crippen LogP contribution in [0.15, 0.2) is 47.6 Å². The SMILES string of the molecule is CCC1CC(NC(=O)OC(C)(C)C)CC1c1nnc2cnc3c(ccn3S(=O)(=O)c3ccc(C)cc3)n12. The quantitative estimate of drug-likeness (QED) is 0.410. The molecule has 3 atom stereocenters. The molecule has 1 amide bonds. The summed E-state index contributed by atoms with van der Waals surface area (Å²) in [7, 11) is -3.84. The van der Waals surface area contributed by atoms with Gasteiger partial charge in [0.05, 0.1) is 16.6 Å². The molecule has 0 bridgehead atoms. The van der Waals surface area contributed by atoms with Gasteiger partial charge in [-0.3, -0.25) is 4.40 Å². The fourth-order valence-electron chi connectivity index (χ4n) is 5.19. The lowest BCUT2D eigenvalue weighted by atomic mass is 9.93. The van der Waals surface area contributed by atoms with Gasteiger partial charge in [0, 0.05) is 18.2 Å². The molecule has 3 unspecified atom stereocenters. The van der Waals surface area contributed by atoms with Crippen LogP contribution in [0.4, 0.5) is 4.79 Å². The average molecular weight is 525 g/mol. The van der Waals surface area contributed by atoms with Crippen molar-refractivity contribution in [2.24, 2.45) is 5.92 Å². The van der Waals surface area contributed by atoms with Crippen LogP contribution >= 0.6 is 0 Å². The number of rotatable bonds is 5. The summed E-state index contributed by atoms with van der Waals surface area (Å²) < 4.78 is 35.4. The number of nitrogens with one attached hydrogen (secondary N) is 1. The fourth-order valence-corrected chi connectivity index (χ4v) is 6.49. The maximum Gasteiger partial charge on any atom is 0.407 e. The Morgan fingerprint density at radius 3 is 2.54 bits per heavy atom. The number of hydrogen-bond donors (Lipinski definition) is 1. The van der Waals surface area contributed by atoms with Gasteiger partial charge in [-0.15, -0.1) is 10.2 Å². The van der Waals surface area contributed by atoms with Crippen LogP contribution in [0.2, 0.25) is 0 Å². The van der Waals surface area contributed by atoms with Gasteiger partial charge in [0.1, 0.15) is 11.4 Å². The van der Waals surface area contributed by atoms with Crippen LogP contribution in [0.1, 0.15) is 64.3 Å². The van der Waals surface area contributed by atoms with Crippen LogP contribution in [0, 0.1) is 12.8 Å². The van der Waals surface area contributed by atoms with Gasteiger partial charge in [-0.1, -0.05) is 31.0 Å². The number of aryl methyl sites for hydroxylation is 1. The molecule has 1 aliphatic rings. The molecule has 0 radical (unpaired) electrons. The summed E-state index contributed by atoms with van der Waals surface area (Å²) in [5.74, 6) is 1.05. The van der Waals surface area contributed by atoms with E-state index in [-0.39, 0.29) is 22.8 Å². The van der Waals surface area contributed by atoms with Crippen LogP contribution in [-0.2, 0) is 14.8 Å². The van der Waals surface area contributed by atoms with Crippen molar-refractivity contribution in [3.8, 4) is 0 Å². The number of ether oxygens (including phenoxy) is 1. The number of alkyl carbamates (subject to hydrolysis) is 1. The van der Waals surface area contributed by atoms with Crippen LogP contribution in [0.5, 0.6) is 0 Å². The van der Waals surface area contributed by atoms with Crippen LogP contribution in [-0.4, -0.2) is 49.7 Å². The molecule has 3 heterocycles. The first kappa shape index (κ1) is 25.2. The van der Waals surface area contributed by atoms with Gasteiger partial charge >= 0.3 is 6.09 Å². The van der Waals surface area contributed by atoms with Crippen LogP contribution < -0.4 is 5.32 Å². The second kappa shape index (κ2) is 9.13. The lowest BCUT2D eigenvalue weighted by Crippen LogP contribution is -2.38. The molecule has 11 heteroatoms. The maximum atomic E-state index is 13.4. The lowest BCUT2D eigenvalue weighted by Gasteiger charge is -2.21. The standard InChI is InChI=1S/C26H32N6O4S/c1-6-17-13-18(28-25(33)36-26(3,4)5)14-20(17)23-30-29-22-15-27-24-21(32(22)23)11-12-31(24)37(34,35)19-9-7-16(2)8-10-19/h7-12,15,17-18,20H,6,13-14H2,1-5H3,(H,28,33). The van der Waals surface area contributed by atoms with Gasteiger partial charge < -0.3 is 10.1 Å². The first-order valence-corrected chi connectivity index (χ1v) is 13.9. The van der Waals surface area contributed by atoms with Gasteiger partial charge in [-0.05, 0) is 64.7 Å². The Morgan fingerprint density at radius 1 is 1.14 bits per heavy atom. The molecule has 10 nitrogen and oxygen atoms in total. The van der Waals surface area contributed by atoms with E-state index in [0.717, 1.165) is 24.2 Å². The Hall–Kier alpha value is -3.47. The summed E-state index contributed by atoms with van der Waals surface area (Å²) in [5.41, 5.74) is 1.88. The van der Waals surface area contributed by atoms with Crippen molar-refractivity contribution in [3.63, 3.8) is 0 Å². The minimum atomic E-state index is -3.84. The molecule has 37 heavy (non-hydrogen) atoms. The molecule has 3 aromatic heterocycles. The highest BCUT2D eigenvalue weighted by Gasteiger charge is 2.38. The third kappa shape index (κ3) is 4.68. The number of aromatic nitrogens is 5. The second-order valence-corrected chi connectivity index (χ2v) is 12.6. The number of carbonyl (C=O) groups is 1. The molecule has 196 valence electrons. The molecule has 0 spiro atoms. The Kier molecular flexibility index (Phi) is 6.21. The van der Waals surface area contributed by atoms with Crippen molar-refractivity contribution in [1.82, 2.24) is 28.9 Å². The van der Waals surface area contributed by atoms with Crippen molar-refractivity contribution in [2.45, 2.75) is 76.3 Å². The summed E-state index contributed by atoms with van der Waals surface area (Å²) in [6.07, 6.45) is 5.03. The minimum absolute atomic E-state index is 0.0302. The van der Waals surface area contributed by atoms with E-state index in [0.29, 0.717) is 23.2 Å². The largest absolute Gasteiger partial charge is 0.444 e. The van der Waals surface area contributed by atoms with E-state index in [1.165, 1.54) is 10.2 Å². The van der Waals surface area contributed by atoms with Crippen molar-refractivity contribution in [2.75, 3.05) is 0 Å². The zero-order valence-corrected chi connectivity index (χ0v) is 22.5. The summed E-state index contributed by atoms with van der Waals surface area (Å²) >= 11 is 0. The first-order chi connectivity index (χ1) is 17.5. The number of fused-ring (bicyclic) bond motifs is 3. The zero-order chi connectivity index (χ0) is 26.5. The topological polar surface area (TPSA) is 120 Å². The molecular weight excluding hydrogens is 492 g/mol. The Morgan fingerprint density at radius 2 is 1.86 bits per heavy atom. The summed E-state index contributed by atoms with van der Waals surface area (Å²) in [4.78, 5) is 17.0. The first-order valence-electron chi connectivity index (χ1n) is 12.5. The summed E-state index contributed by atoms with van der Waals surface area (Å²) in [5, 5.41) is 11.9. The molecule has 5 rings (SSSR count). The van der Waals surface area contributed by atoms with Crippen LogP contribution in [0.3, 0.4) is 0 Å². The molecule has 0 saturated heterocycles. The highest BCUT2D eigenvalue weighted by molar-refractivity contribution is 7.90. The Bertz CT molecular complexity index is 1570. The maximum absolute atomic E-state index is 13.4. The minimum Gasteiger partial charge on any atom is -0.444 e. The van der Waals surface area contributed by atoms with E-state index in [1.54, 1.807) is 36.5 Å². The third-order valence-electron chi connectivity index (χ3n) is 6.91. The highest BCUT2D eigenvalue weighted by atomic mass is 32.2. The molecule has 1 aliphatic carbocycles. The zero-order valence-electron chi connectivity index (χ0n) is 21.7. The van der Waals surface area contributed by atoms with E-state index in [4.69, 9.17) is 4.74 Å². The number of amides is 1. The summed E-state index contributed by atoms with van der Waals surface area (Å²) in [6, 6.07) is 8.42. The van der Waals surface area contributed by atoms with E-state index in [9.17, 15) is 13.2 Å². The van der Waals surface area contributed by atoms with Gasteiger partial charge in [0.2, 0.25) is 0 Å². The van der Waals surface area contributed by atoms with E-state index in [2.05, 4.69) is 27.4 Å². The molecular formula is C26H32N6O4S. The van der Waals surface area contributed by atoms with Gasteiger partial charge in [0.25, 0.3) is 10.0 Å². The normalized spacial score (nSPS) is 20.5. The molecule has 1 saturated carbocycles. The molecule has 1 fully saturated rings. The smallest absolute Gasteiger partial charge is 0.407 e. The highest BCUT2D eigenvalue weighted by Crippen LogP contribution is 2.41. The summed E-state index contributed by atoms with van der Waals surface area (Å²) in [6.45, 7) is 9.55. The number of benzene rings is 1. The van der Waals surface area contributed by atoms with Crippen molar-refractivity contribution >= 4 is 32.9 Å². The molecule has 1 aromatic carbocycles.